The van der Waals surface area contributed by atoms with E-state index in [1.165, 1.54) is 0 Å². The first kappa shape index (κ1) is 13.1. The maximum atomic E-state index is 6.04. The number of ether oxygens (including phenoxy) is 2. The summed E-state index contributed by atoms with van der Waals surface area (Å²) in [7, 11) is 1.76. The second-order valence-electron chi connectivity index (χ2n) is 5.43. The van der Waals surface area contributed by atoms with E-state index < -0.39 is 0 Å². The van der Waals surface area contributed by atoms with Gasteiger partial charge in [0.05, 0.1) is 6.10 Å². The Morgan fingerprint density at radius 3 is 2.68 bits per heavy atom. The molecule has 1 aromatic heterocycles. The molecule has 2 aliphatic carbocycles. The summed E-state index contributed by atoms with van der Waals surface area (Å²) in [5.74, 6) is 1.93. The number of methoxy groups -OCH3 is 1. The van der Waals surface area contributed by atoms with Crippen molar-refractivity contribution >= 4 is 11.6 Å². The molecule has 2 unspecified atom stereocenters. The van der Waals surface area contributed by atoms with Crippen molar-refractivity contribution in [3.63, 3.8) is 0 Å². The summed E-state index contributed by atoms with van der Waals surface area (Å²) < 4.78 is 11.4. The highest BCUT2D eigenvalue weighted by molar-refractivity contribution is 6.29. The van der Waals surface area contributed by atoms with Crippen molar-refractivity contribution in [1.29, 1.82) is 0 Å². The topological polar surface area (TPSA) is 44.2 Å². The van der Waals surface area contributed by atoms with E-state index in [0.717, 1.165) is 44.3 Å². The normalized spacial score (nSPS) is 27.3. The first-order valence-electron chi connectivity index (χ1n) is 6.98. The van der Waals surface area contributed by atoms with Crippen molar-refractivity contribution in [2.24, 2.45) is 0 Å². The maximum absolute atomic E-state index is 6.04. The Hall–Kier alpha value is -0.870. The van der Waals surface area contributed by atoms with Gasteiger partial charge in [0.15, 0.2) is 0 Å². The second kappa shape index (κ2) is 5.63. The summed E-state index contributed by atoms with van der Waals surface area (Å²) in [6.45, 7) is 0. The molecule has 0 N–H and O–H groups in total. The smallest absolute Gasteiger partial charge is 0.218 e. The number of halogens is 1. The highest BCUT2D eigenvalue weighted by Gasteiger charge is 2.28. The zero-order chi connectivity index (χ0) is 13.2. The fourth-order valence-electron chi connectivity index (χ4n) is 2.59. The fraction of sp³-hybridized carbons (Fsp3) is 0.714. The molecule has 0 aliphatic heterocycles. The zero-order valence-electron chi connectivity index (χ0n) is 11.1. The van der Waals surface area contributed by atoms with Crippen molar-refractivity contribution in [1.82, 2.24) is 9.97 Å². The largest absolute Gasteiger partial charge is 0.474 e. The quantitative estimate of drug-likeness (QED) is 0.795. The van der Waals surface area contributed by atoms with Gasteiger partial charge in [0.25, 0.3) is 0 Å². The van der Waals surface area contributed by atoms with Gasteiger partial charge in [0.2, 0.25) is 5.88 Å². The van der Waals surface area contributed by atoms with Gasteiger partial charge in [-0.05, 0) is 32.1 Å². The van der Waals surface area contributed by atoms with Crippen LogP contribution in [0.5, 0.6) is 5.88 Å². The fourth-order valence-corrected chi connectivity index (χ4v) is 2.77. The van der Waals surface area contributed by atoms with Gasteiger partial charge < -0.3 is 9.47 Å². The molecule has 1 heterocycles. The van der Waals surface area contributed by atoms with Crippen LogP contribution in [0.2, 0.25) is 5.15 Å². The minimum Gasteiger partial charge on any atom is -0.474 e. The molecule has 0 bridgehead atoms. The molecule has 2 aliphatic rings. The van der Waals surface area contributed by atoms with E-state index in [2.05, 4.69) is 9.97 Å². The minimum absolute atomic E-state index is 0.178. The van der Waals surface area contributed by atoms with Gasteiger partial charge in [-0.1, -0.05) is 11.6 Å². The lowest BCUT2D eigenvalue weighted by atomic mass is 9.95. The summed E-state index contributed by atoms with van der Waals surface area (Å²) in [5, 5.41) is 0.478. The minimum atomic E-state index is 0.178. The summed E-state index contributed by atoms with van der Waals surface area (Å²) in [4.78, 5) is 8.75. The predicted molar refractivity (Wildman–Crippen MR) is 72.7 cm³/mol. The second-order valence-corrected chi connectivity index (χ2v) is 5.81. The van der Waals surface area contributed by atoms with Gasteiger partial charge in [-0.2, -0.15) is 4.98 Å². The Labute approximate surface area is 118 Å². The van der Waals surface area contributed by atoms with Crippen LogP contribution in [0.4, 0.5) is 0 Å². The average molecular weight is 283 g/mol. The average Bonchev–Trinajstić information content (AvgIpc) is 3.22. The number of hydrogen-bond donors (Lipinski definition) is 0. The van der Waals surface area contributed by atoms with Crippen LogP contribution >= 0.6 is 11.6 Å². The van der Waals surface area contributed by atoms with Gasteiger partial charge >= 0.3 is 0 Å². The molecule has 0 radical (unpaired) electrons. The Kier molecular flexibility index (Phi) is 3.89. The van der Waals surface area contributed by atoms with Crippen molar-refractivity contribution in [3.05, 3.63) is 17.0 Å². The van der Waals surface area contributed by atoms with Gasteiger partial charge in [-0.3, -0.25) is 0 Å². The monoisotopic (exact) mass is 282 g/mol. The van der Waals surface area contributed by atoms with Crippen LogP contribution < -0.4 is 4.74 Å². The molecule has 0 aromatic carbocycles. The third-order valence-electron chi connectivity index (χ3n) is 3.83. The first-order chi connectivity index (χ1) is 9.24. The number of hydrogen-bond acceptors (Lipinski definition) is 4. The third kappa shape index (κ3) is 3.37. The molecule has 4 nitrogen and oxygen atoms in total. The van der Waals surface area contributed by atoms with Crippen LogP contribution in [0.15, 0.2) is 6.07 Å². The van der Waals surface area contributed by atoms with Crippen LogP contribution in [-0.2, 0) is 4.74 Å². The SMILES string of the molecule is COC1CCCC(Oc2cc(Cl)nc(C3CC3)n2)C1. The number of aromatic nitrogens is 2. The Balaban J connectivity index is 1.68. The summed E-state index contributed by atoms with van der Waals surface area (Å²) in [6.07, 6.45) is 7.04. The predicted octanol–water partition coefficient (Wildman–Crippen LogP) is 3.34. The number of nitrogens with zero attached hydrogens (tertiary/aromatic N) is 2. The summed E-state index contributed by atoms with van der Waals surface area (Å²) >= 11 is 6.04. The van der Waals surface area contributed by atoms with Crippen LogP contribution in [0, 0.1) is 0 Å². The highest BCUT2D eigenvalue weighted by Crippen LogP contribution is 2.39. The highest BCUT2D eigenvalue weighted by atomic mass is 35.5. The van der Waals surface area contributed by atoms with Gasteiger partial charge in [-0.25, -0.2) is 4.98 Å². The number of rotatable bonds is 4. The molecule has 1 aromatic rings. The van der Waals surface area contributed by atoms with E-state index in [1.54, 1.807) is 13.2 Å². The molecular formula is C14H19ClN2O2. The zero-order valence-corrected chi connectivity index (χ0v) is 11.9. The molecule has 2 saturated carbocycles. The van der Waals surface area contributed by atoms with Crippen molar-refractivity contribution in [2.45, 2.75) is 56.7 Å². The van der Waals surface area contributed by atoms with Crippen LogP contribution in [0.1, 0.15) is 50.3 Å². The van der Waals surface area contributed by atoms with Gasteiger partial charge in [-0.15, -0.1) is 0 Å². The van der Waals surface area contributed by atoms with Crippen molar-refractivity contribution in [3.8, 4) is 5.88 Å². The summed E-state index contributed by atoms with van der Waals surface area (Å²) in [5.41, 5.74) is 0. The van der Waals surface area contributed by atoms with E-state index in [9.17, 15) is 0 Å². The van der Waals surface area contributed by atoms with E-state index >= 15 is 0 Å². The molecule has 2 atom stereocenters. The van der Waals surface area contributed by atoms with Crippen LogP contribution in [-0.4, -0.2) is 29.3 Å². The van der Waals surface area contributed by atoms with E-state index in [-0.39, 0.29) is 6.10 Å². The standard InChI is InChI=1S/C14H19ClN2O2/c1-18-10-3-2-4-11(7-10)19-13-8-12(15)16-14(17-13)9-5-6-9/h8-11H,2-7H2,1H3. The lowest BCUT2D eigenvalue weighted by molar-refractivity contribution is 0.0194. The van der Waals surface area contributed by atoms with Crippen LogP contribution in [0.25, 0.3) is 0 Å². The Morgan fingerprint density at radius 2 is 1.95 bits per heavy atom. The molecule has 2 fully saturated rings. The van der Waals surface area contributed by atoms with E-state index in [4.69, 9.17) is 21.1 Å². The summed E-state index contributed by atoms with van der Waals surface area (Å²) in [6, 6.07) is 1.71. The molecule has 19 heavy (non-hydrogen) atoms. The Morgan fingerprint density at radius 1 is 1.16 bits per heavy atom. The molecular weight excluding hydrogens is 264 g/mol. The lowest BCUT2D eigenvalue weighted by Crippen LogP contribution is -2.29. The van der Waals surface area contributed by atoms with E-state index in [0.29, 0.717) is 23.1 Å². The molecule has 3 rings (SSSR count). The van der Waals surface area contributed by atoms with E-state index in [1.807, 2.05) is 0 Å². The van der Waals surface area contributed by atoms with Gasteiger partial charge in [0, 0.05) is 25.5 Å². The first-order valence-corrected chi connectivity index (χ1v) is 7.36. The molecule has 0 spiro atoms. The van der Waals surface area contributed by atoms with Crippen molar-refractivity contribution < 1.29 is 9.47 Å². The molecule has 104 valence electrons. The lowest BCUT2D eigenvalue weighted by Gasteiger charge is -2.28. The van der Waals surface area contributed by atoms with Crippen LogP contribution in [0.3, 0.4) is 0 Å². The molecule has 0 saturated heterocycles. The van der Waals surface area contributed by atoms with Crippen molar-refractivity contribution in [2.75, 3.05) is 7.11 Å². The Bertz CT molecular complexity index is 451. The third-order valence-corrected chi connectivity index (χ3v) is 4.02. The molecule has 5 heteroatoms. The van der Waals surface area contributed by atoms with Gasteiger partial charge in [0.1, 0.15) is 17.1 Å². The molecule has 0 amide bonds. The maximum Gasteiger partial charge on any atom is 0.218 e.